The van der Waals surface area contributed by atoms with Gasteiger partial charge in [-0.3, -0.25) is 9.48 Å². The second-order valence-corrected chi connectivity index (χ2v) is 5.43. The lowest BCUT2D eigenvalue weighted by molar-refractivity contribution is -0.116. The van der Waals surface area contributed by atoms with Crippen molar-refractivity contribution in [2.75, 3.05) is 24.3 Å². The maximum absolute atomic E-state index is 12.2. The number of nitrogens with zero attached hydrogens (tertiary/aromatic N) is 4. The molecule has 0 fully saturated rings. The number of aromatic nitrogens is 2. The van der Waals surface area contributed by atoms with Crippen LogP contribution in [-0.4, -0.2) is 40.7 Å². The molecule has 1 heterocycles. The molecule has 7 heteroatoms. The molecule has 0 bridgehead atoms. The molecule has 7 nitrogen and oxygen atoms in total. The second kappa shape index (κ2) is 6.95. The fourth-order valence-corrected chi connectivity index (χ4v) is 2.07. The second-order valence-electron chi connectivity index (χ2n) is 5.43. The molecule has 0 spiro atoms. The Morgan fingerprint density at radius 2 is 1.87 bits per heavy atom. The van der Waals surface area contributed by atoms with Gasteiger partial charge < -0.3 is 15.1 Å². The zero-order valence-electron chi connectivity index (χ0n) is 13.8. The van der Waals surface area contributed by atoms with Crippen LogP contribution < -0.4 is 10.2 Å². The number of nitrogens with one attached hydrogen (secondary N) is 1. The fourth-order valence-electron chi connectivity index (χ4n) is 2.07. The van der Waals surface area contributed by atoms with E-state index in [0.717, 1.165) is 11.3 Å². The third-order valence-corrected chi connectivity index (χ3v) is 3.50. The number of hydrogen-bond donors (Lipinski definition) is 1. The Hall–Kier alpha value is -2.83. The van der Waals surface area contributed by atoms with E-state index in [4.69, 9.17) is 0 Å². The van der Waals surface area contributed by atoms with E-state index in [-0.39, 0.29) is 11.9 Å². The molecule has 23 heavy (non-hydrogen) atoms. The summed E-state index contributed by atoms with van der Waals surface area (Å²) in [5.74, 6) is -0.0435. The van der Waals surface area contributed by atoms with Gasteiger partial charge in [0.1, 0.15) is 0 Å². The lowest BCUT2D eigenvalue weighted by Crippen LogP contribution is -2.30. The summed E-state index contributed by atoms with van der Waals surface area (Å²) in [5, 5.41) is 6.90. The average Bonchev–Trinajstić information content (AvgIpc) is 2.92. The quantitative estimate of drug-likeness (QED) is 0.939. The van der Waals surface area contributed by atoms with Gasteiger partial charge in [0.25, 0.3) is 0 Å². The number of amides is 3. The van der Waals surface area contributed by atoms with Gasteiger partial charge in [0, 0.05) is 51.2 Å². The highest BCUT2D eigenvalue weighted by Gasteiger charge is 2.11. The highest BCUT2D eigenvalue weighted by atomic mass is 16.2. The lowest BCUT2D eigenvalue weighted by Gasteiger charge is -2.18. The van der Waals surface area contributed by atoms with Crippen molar-refractivity contribution in [3.63, 3.8) is 0 Å². The van der Waals surface area contributed by atoms with E-state index in [1.54, 1.807) is 59.0 Å². The van der Waals surface area contributed by atoms with E-state index in [2.05, 4.69) is 10.4 Å². The molecule has 0 saturated carbocycles. The maximum Gasteiger partial charge on any atom is 0.321 e. The molecule has 0 atom stereocenters. The van der Waals surface area contributed by atoms with E-state index >= 15 is 0 Å². The number of hydrogen-bond acceptors (Lipinski definition) is 3. The largest absolute Gasteiger partial charge is 0.323 e. The van der Waals surface area contributed by atoms with Gasteiger partial charge in [-0.15, -0.1) is 0 Å². The summed E-state index contributed by atoms with van der Waals surface area (Å²) >= 11 is 0. The molecule has 2 rings (SSSR count). The van der Waals surface area contributed by atoms with E-state index < -0.39 is 0 Å². The SMILES string of the molecule is CC(=O)N(C)c1ccc(NC(=O)N(C)Cc2cnn(C)c2)cc1. The minimum Gasteiger partial charge on any atom is -0.323 e. The molecule has 1 N–H and O–H groups in total. The molecule has 2 aromatic rings. The number of carbonyl (C=O) groups excluding carboxylic acids is 2. The maximum atomic E-state index is 12.2. The summed E-state index contributed by atoms with van der Waals surface area (Å²) in [6, 6.07) is 6.91. The summed E-state index contributed by atoms with van der Waals surface area (Å²) in [4.78, 5) is 26.6. The van der Waals surface area contributed by atoms with E-state index in [0.29, 0.717) is 12.2 Å². The number of benzene rings is 1. The van der Waals surface area contributed by atoms with Crippen LogP contribution in [0.4, 0.5) is 16.2 Å². The molecular weight excluding hydrogens is 294 g/mol. The van der Waals surface area contributed by atoms with Crippen LogP contribution in [0.15, 0.2) is 36.7 Å². The van der Waals surface area contributed by atoms with Gasteiger partial charge in [-0.1, -0.05) is 0 Å². The fraction of sp³-hybridized carbons (Fsp3) is 0.312. The Labute approximate surface area is 135 Å². The third kappa shape index (κ3) is 4.32. The summed E-state index contributed by atoms with van der Waals surface area (Å²) in [6.07, 6.45) is 3.60. The number of rotatable bonds is 4. The first-order valence-corrected chi connectivity index (χ1v) is 7.21. The third-order valence-electron chi connectivity index (χ3n) is 3.50. The van der Waals surface area contributed by atoms with Crippen LogP contribution in [-0.2, 0) is 18.4 Å². The van der Waals surface area contributed by atoms with Crippen molar-refractivity contribution < 1.29 is 9.59 Å². The predicted octanol–water partition coefficient (Wildman–Crippen LogP) is 2.07. The van der Waals surface area contributed by atoms with E-state index in [1.165, 1.54) is 6.92 Å². The number of aryl methyl sites for hydroxylation is 1. The van der Waals surface area contributed by atoms with Crippen LogP contribution >= 0.6 is 0 Å². The standard InChI is InChI=1S/C16H21N5O2/c1-12(22)21(4)15-7-5-14(6-8-15)18-16(23)19(2)10-13-9-17-20(3)11-13/h5-9,11H,10H2,1-4H3,(H,18,23). The molecule has 1 aromatic carbocycles. The molecule has 122 valence electrons. The predicted molar refractivity (Wildman–Crippen MR) is 89.2 cm³/mol. The Kier molecular flexibility index (Phi) is 5.00. The molecule has 0 saturated heterocycles. The topological polar surface area (TPSA) is 70.5 Å². The van der Waals surface area contributed by atoms with Gasteiger partial charge in [-0.25, -0.2) is 4.79 Å². The molecular formula is C16H21N5O2. The zero-order chi connectivity index (χ0) is 17.0. The Balaban J connectivity index is 1.95. The normalized spacial score (nSPS) is 10.3. The van der Waals surface area contributed by atoms with Gasteiger partial charge in [-0.05, 0) is 24.3 Å². The molecule has 0 aliphatic rings. The summed E-state index contributed by atoms with van der Waals surface area (Å²) < 4.78 is 1.70. The average molecular weight is 315 g/mol. The van der Waals surface area contributed by atoms with Gasteiger partial charge in [-0.2, -0.15) is 5.10 Å². The van der Waals surface area contributed by atoms with Crippen LogP contribution in [0.2, 0.25) is 0 Å². The minimum atomic E-state index is -0.207. The van der Waals surface area contributed by atoms with Crippen LogP contribution in [0.25, 0.3) is 0 Å². The van der Waals surface area contributed by atoms with Gasteiger partial charge in [0.2, 0.25) is 5.91 Å². The van der Waals surface area contributed by atoms with Crippen molar-refractivity contribution in [2.45, 2.75) is 13.5 Å². The number of urea groups is 1. The van der Waals surface area contributed by atoms with Crippen LogP contribution in [0.1, 0.15) is 12.5 Å². The molecule has 3 amide bonds. The molecule has 0 unspecified atom stereocenters. The van der Waals surface area contributed by atoms with Gasteiger partial charge >= 0.3 is 6.03 Å². The lowest BCUT2D eigenvalue weighted by atomic mass is 10.2. The van der Waals surface area contributed by atoms with Crippen molar-refractivity contribution in [2.24, 2.45) is 7.05 Å². The van der Waals surface area contributed by atoms with Crippen molar-refractivity contribution >= 4 is 23.3 Å². The van der Waals surface area contributed by atoms with Crippen LogP contribution in [0.5, 0.6) is 0 Å². The van der Waals surface area contributed by atoms with Crippen molar-refractivity contribution in [3.05, 3.63) is 42.2 Å². The Bertz CT molecular complexity index is 693. The smallest absolute Gasteiger partial charge is 0.321 e. The zero-order valence-corrected chi connectivity index (χ0v) is 13.8. The van der Waals surface area contributed by atoms with Crippen LogP contribution in [0, 0.1) is 0 Å². The molecule has 0 radical (unpaired) electrons. The summed E-state index contributed by atoms with van der Waals surface area (Å²) in [5.41, 5.74) is 2.41. The van der Waals surface area contributed by atoms with Crippen LogP contribution in [0.3, 0.4) is 0 Å². The molecule has 0 aliphatic carbocycles. The van der Waals surface area contributed by atoms with Gasteiger partial charge in [0.05, 0.1) is 12.7 Å². The van der Waals surface area contributed by atoms with Crippen molar-refractivity contribution in [1.29, 1.82) is 0 Å². The van der Waals surface area contributed by atoms with E-state index in [9.17, 15) is 9.59 Å². The first kappa shape index (κ1) is 16.5. The van der Waals surface area contributed by atoms with Crippen molar-refractivity contribution in [3.8, 4) is 0 Å². The molecule has 1 aromatic heterocycles. The van der Waals surface area contributed by atoms with Crippen molar-refractivity contribution in [1.82, 2.24) is 14.7 Å². The summed E-state index contributed by atoms with van der Waals surface area (Å²) in [7, 11) is 5.26. The number of anilines is 2. The van der Waals surface area contributed by atoms with Gasteiger partial charge in [0.15, 0.2) is 0 Å². The molecule has 0 aliphatic heterocycles. The summed E-state index contributed by atoms with van der Waals surface area (Å²) in [6.45, 7) is 1.98. The highest BCUT2D eigenvalue weighted by molar-refractivity contribution is 5.92. The first-order chi connectivity index (χ1) is 10.9. The monoisotopic (exact) mass is 315 g/mol. The Morgan fingerprint density at radius 3 is 2.39 bits per heavy atom. The minimum absolute atomic E-state index is 0.0435. The van der Waals surface area contributed by atoms with E-state index in [1.807, 2.05) is 13.2 Å². The first-order valence-electron chi connectivity index (χ1n) is 7.21. The number of carbonyl (C=O) groups is 2. The highest BCUT2D eigenvalue weighted by Crippen LogP contribution is 2.17. The Morgan fingerprint density at radius 1 is 1.22 bits per heavy atom.